The molecule has 1 aromatic heterocycles. The summed E-state index contributed by atoms with van der Waals surface area (Å²) in [6.45, 7) is 1.87. The smallest absolute Gasteiger partial charge is 0.262 e. The highest BCUT2D eigenvalue weighted by Crippen LogP contribution is 2.15. The van der Waals surface area contributed by atoms with Gasteiger partial charge in [0.25, 0.3) is 5.91 Å². The van der Waals surface area contributed by atoms with Crippen LogP contribution in [0, 0.1) is 15.1 Å². The number of benzene rings is 1. The van der Waals surface area contributed by atoms with E-state index in [0.29, 0.717) is 9.53 Å². The van der Waals surface area contributed by atoms with E-state index >= 15 is 0 Å². The average molecular weight is 392 g/mol. The van der Waals surface area contributed by atoms with Crippen molar-refractivity contribution in [3.8, 4) is 6.07 Å². The van der Waals surface area contributed by atoms with E-state index in [9.17, 15) is 4.79 Å². The largest absolute Gasteiger partial charge is 0.451 e. The lowest BCUT2D eigenvalue weighted by Crippen LogP contribution is -2.27. The zero-order chi connectivity index (χ0) is 15.2. The fraction of sp³-hybridized carbons (Fsp3) is 0.125. The minimum absolute atomic E-state index is 0.0172. The second kappa shape index (κ2) is 7.09. The highest BCUT2D eigenvalue weighted by Gasteiger charge is 2.14. The van der Waals surface area contributed by atoms with E-state index in [4.69, 9.17) is 9.68 Å². The van der Waals surface area contributed by atoms with Gasteiger partial charge in [0.05, 0.1) is 6.04 Å². The van der Waals surface area contributed by atoms with Gasteiger partial charge in [-0.05, 0) is 47.2 Å². The molecule has 4 nitrogen and oxygen atoms in total. The van der Waals surface area contributed by atoms with Crippen LogP contribution in [0.2, 0.25) is 0 Å². The summed E-state index contributed by atoms with van der Waals surface area (Å²) in [7, 11) is 0. The fourth-order valence-electron chi connectivity index (χ4n) is 1.80. The molecule has 0 saturated heterocycles. The number of amides is 1. The van der Waals surface area contributed by atoms with Crippen molar-refractivity contribution in [2.75, 3.05) is 0 Å². The van der Waals surface area contributed by atoms with Gasteiger partial charge in [-0.2, -0.15) is 5.26 Å². The summed E-state index contributed by atoms with van der Waals surface area (Å²) in [5.74, 6) is 0.0683. The van der Waals surface area contributed by atoms with Gasteiger partial charge in [-0.25, -0.2) is 0 Å². The molecule has 2 rings (SSSR count). The number of nitrogens with zero attached hydrogens (tertiary/aromatic N) is 1. The van der Waals surface area contributed by atoms with Gasteiger partial charge in [0.15, 0.2) is 3.77 Å². The molecule has 0 unspecified atom stereocenters. The highest BCUT2D eigenvalue weighted by atomic mass is 127. The molecule has 0 bridgehead atoms. The lowest BCUT2D eigenvalue weighted by molar-refractivity contribution is -0.117. The molecule has 1 atom stereocenters. The molecule has 0 aliphatic carbocycles. The molecular formula is C16H13IN2O2. The fourth-order valence-corrected chi connectivity index (χ4v) is 2.23. The Morgan fingerprint density at radius 2 is 2.05 bits per heavy atom. The van der Waals surface area contributed by atoms with Crippen LogP contribution in [-0.4, -0.2) is 5.91 Å². The molecule has 0 spiro atoms. The van der Waals surface area contributed by atoms with Crippen LogP contribution in [0.1, 0.15) is 24.3 Å². The van der Waals surface area contributed by atoms with Gasteiger partial charge < -0.3 is 9.73 Å². The van der Waals surface area contributed by atoms with Gasteiger partial charge in [0.1, 0.15) is 17.4 Å². The first kappa shape index (κ1) is 15.3. The molecule has 0 radical (unpaired) electrons. The lowest BCUT2D eigenvalue weighted by atomic mass is 10.1. The molecule has 106 valence electrons. The highest BCUT2D eigenvalue weighted by molar-refractivity contribution is 14.1. The Morgan fingerprint density at radius 3 is 2.62 bits per heavy atom. The first-order valence-corrected chi connectivity index (χ1v) is 7.41. The van der Waals surface area contributed by atoms with E-state index in [1.807, 2.05) is 65.9 Å². The summed E-state index contributed by atoms with van der Waals surface area (Å²) < 4.78 is 6.04. The second-order valence-corrected chi connectivity index (χ2v) is 5.48. The quantitative estimate of drug-likeness (QED) is 0.491. The minimum atomic E-state index is -0.416. The Labute approximate surface area is 136 Å². The first-order chi connectivity index (χ1) is 10.1. The summed E-state index contributed by atoms with van der Waals surface area (Å²) in [5.41, 5.74) is 0.999. The Balaban J connectivity index is 2.11. The molecule has 0 aliphatic rings. The van der Waals surface area contributed by atoms with Crippen LogP contribution < -0.4 is 5.32 Å². The third-order valence-corrected chi connectivity index (χ3v) is 3.47. The van der Waals surface area contributed by atoms with Crippen molar-refractivity contribution in [3.63, 3.8) is 0 Å². The number of nitrogens with one attached hydrogen (secondary N) is 1. The van der Waals surface area contributed by atoms with Gasteiger partial charge in [-0.3, -0.25) is 4.79 Å². The van der Waals surface area contributed by atoms with Crippen molar-refractivity contribution in [2.24, 2.45) is 0 Å². The van der Waals surface area contributed by atoms with Gasteiger partial charge >= 0.3 is 0 Å². The number of hydrogen-bond donors (Lipinski definition) is 1. The summed E-state index contributed by atoms with van der Waals surface area (Å²) in [4.78, 5) is 12.1. The number of carbonyl (C=O) groups is 1. The second-order valence-electron chi connectivity index (χ2n) is 4.42. The summed E-state index contributed by atoms with van der Waals surface area (Å²) in [6, 6.07) is 14.8. The van der Waals surface area contributed by atoms with E-state index in [2.05, 4.69) is 5.32 Å². The third kappa shape index (κ3) is 4.20. The van der Waals surface area contributed by atoms with Gasteiger partial charge in [-0.15, -0.1) is 0 Å². The van der Waals surface area contributed by atoms with E-state index in [1.165, 1.54) is 6.08 Å². The van der Waals surface area contributed by atoms with Crippen molar-refractivity contribution < 1.29 is 9.21 Å². The van der Waals surface area contributed by atoms with Crippen LogP contribution in [0.15, 0.2) is 52.5 Å². The molecule has 21 heavy (non-hydrogen) atoms. The molecule has 0 aliphatic heterocycles. The number of nitriles is 1. The maximum Gasteiger partial charge on any atom is 0.262 e. The van der Waals surface area contributed by atoms with E-state index in [1.54, 1.807) is 12.1 Å². The van der Waals surface area contributed by atoms with Gasteiger partial charge in [-0.1, -0.05) is 30.3 Å². The summed E-state index contributed by atoms with van der Waals surface area (Å²) >= 11 is 2.03. The Kier molecular flexibility index (Phi) is 5.17. The Bertz CT molecular complexity index is 699. The average Bonchev–Trinajstić information content (AvgIpc) is 2.90. The summed E-state index contributed by atoms with van der Waals surface area (Å²) in [5, 5.41) is 11.9. The van der Waals surface area contributed by atoms with Crippen LogP contribution >= 0.6 is 22.6 Å². The minimum Gasteiger partial charge on any atom is -0.451 e. The monoisotopic (exact) mass is 392 g/mol. The molecule has 1 aromatic carbocycles. The molecule has 0 saturated carbocycles. The van der Waals surface area contributed by atoms with Crippen LogP contribution in [-0.2, 0) is 4.79 Å². The van der Waals surface area contributed by atoms with Crippen molar-refractivity contribution in [1.82, 2.24) is 5.32 Å². The Hall–Kier alpha value is -2.07. The van der Waals surface area contributed by atoms with Crippen molar-refractivity contribution >= 4 is 34.6 Å². The predicted molar refractivity (Wildman–Crippen MR) is 88.0 cm³/mol. The Morgan fingerprint density at radius 1 is 1.33 bits per heavy atom. The standard InChI is InChI=1S/C16H13IN2O2/c1-11(12-5-3-2-4-6-12)19-16(20)13(10-18)9-14-7-8-15(17)21-14/h2-9,11H,1H3,(H,19,20)/b13-9+/t11-/m1/s1. The number of carbonyl (C=O) groups excluding carboxylic acids is 1. The number of rotatable bonds is 4. The SMILES string of the molecule is C[C@@H](NC(=O)/C(C#N)=C/c1ccc(I)o1)c1ccccc1. The van der Waals surface area contributed by atoms with Crippen molar-refractivity contribution in [1.29, 1.82) is 5.26 Å². The molecule has 2 aromatic rings. The van der Waals surface area contributed by atoms with Crippen LogP contribution in [0.4, 0.5) is 0 Å². The molecule has 5 heteroatoms. The number of furan rings is 1. The predicted octanol–water partition coefficient (Wildman–Crippen LogP) is 3.67. The van der Waals surface area contributed by atoms with Crippen LogP contribution in [0.3, 0.4) is 0 Å². The summed E-state index contributed by atoms with van der Waals surface area (Å²) in [6.07, 6.45) is 1.44. The van der Waals surface area contributed by atoms with Crippen LogP contribution in [0.5, 0.6) is 0 Å². The lowest BCUT2D eigenvalue weighted by Gasteiger charge is -2.13. The number of halogens is 1. The maximum absolute atomic E-state index is 12.1. The van der Waals surface area contributed by atoms with Crippen molar-refractivity contribution in [3.05, 3.63) is 63.1 Å². The zero-order valence-electron chi connectivity index (χ0n) is 11.3. The third-order valence-electron chi connectivity index (χ3n) is 2.89. The first-order valence-electron chi connectivity index (χ1n) is 6.33. The van der Waals surface area contributed by atoms with E-state index < -0.39 is 5.91 Å². The van der Waals surface area contributed by atoms with Crippen LogP contribution in [0.25, 0.3) is 6.08 Å². The van der Waals surface area contributed by atoms with E-state index in [-0.39, 0.29) is 11.6 Å². The zero-order valence-corrected chi connectivity index (χ0v) is 13.5. The topological polar surface area (TPSA) is 66.0 Å². The molecule has 1 N–H and O–H groups in total. The molecular weight excluding hydrogens is 379 g/mol. The maximum atomic E-state index is 12.1. The van der Waals surface area contributed by atoms with E-state index in [0.717, 1.165) is 5.56 Å². The molecule has 0 fully saturated rings. The molecule has 1 heterocycles. The molecule has 1 amide bonds. The number of hydrogen-bond acceptors (Lipinski definition) is 3. The normalized spacial score (nSPS) is 12.5. The van der Waals surface area contributed by atoms with Gasteiger partial charge in [0, 0.05) is 6.08 Å². The van der Waals surface area contributed by atoms with Crippen molar-refractivity contribution in [2.45, 2.75) is 13.0 Å². The van der Waals surface area contributed by atoms with Gasteiger partial charge in [0.2, 0.25) is 0 Å².